The summed E-state index contributed by atoms with van der Waals surface area (Å²) in [6.45, 7) is 5.47. The first-order valence-electron chi connectivity index (χ1n) is 13.4. The number of hydrogen-bond donors (Lipinski definition) is 2. The Balaban J connectivity index is 1.45. The molecular weight excluding hydrogens is 506 g/mol. The molecule has 4 atom stereocenters. The van der Waals surface area contributed by atoms with Crippen molar-refractivity contribution in [3.63, 3.8) is 0 Å². The molecule has 7 rings (SSSR count). The van der Waals surface area contributed by atoms with E-state index in [2.05, 4.69) is 10.6 Å². The van der Waals surface area contributed by atoms with Crippen LogP contribution in [-0.2, 0) is 19.9 Å². The minimum Gasteiger partial charge on any atom is -0.326 e. The highest BCUT2D eigenvalue weighted by atomic mass is 16.2. The third-order valence-corrected chi connectivity index (χ3v) is 8.46. The highest BCUT2D eigenvalue weighted by Gasteiger charge is 2.70. The molecule has 0 saturated carbocycles. The van der Waals surface area contributed by atoms with Gasteiger partial charge in [0.15, 0.2) is 0 Å². The van der Waals surface area contributed by atoms with Crippen molar-refractivity contribution in [2.75, 3.05) is 10.2 Å². The lowest BCUT2D eigenvalue weighted by molar-refractivity contribution is -0.123. The quantitative estimate of drug-likeness (QED) is 0.391. The van der Waals surface area contributed by atoms with Crippen LogP contribution in [0.25, 0.3) is 16.6 Å². The molecule has 1 spiro atoms. The predicted octanol–water partition coefficient (Wildman–Crippen LogP) is 3.33. The van der Waals surface area contributed by atoms with Crippen LogP contribution in [0.1, 0.15) is 32.2 Å². The molecule has 1 aromatic heterocycles. The van der Waals surface area contributed by atoms with Crippen LogP contribution in [0.4, 0.5) is 11.4 Å². The van der Waals surface area contributed by atoms with Gasteiger partial charge in [0.25, 0.3) is 5.56 Å². The SMILES string of the molecule is CC(=O)Nc1ccc(N2C(=O)[C@H]3[C@@H](C(C)C)N[C@]4(c5ccccc5-n5c4nc4ccccc4c5=O)[C@H]3C2=O)cc1. The Kier molecular flexibility index (Phi) is 5.15. The third-order valence-electron chi connectivity index (χ3n) is 8.46. The summed E-state index contributed by atoms with van der Waals surface area (Å²) < 4.78 is 1.60. The number of nitrogens with one attached hydrogen (secondary N) is 2. The number of hydrogen-bond acceptors (Lipinski definition) is 6. The van der Waals surface area contributed by atoms with Crippen molar-refractivity contribution < 1.29 is 14.4 Å². The van der Waals surface area contributed by atoms with Gasteiger partial charge in [-0.15, -0.1) is 0 Å². The van der Waals surface area contributed by atoms with Crippen molar-refractivity contribution in [3.05, 3.63) is 94.5 Å². The van der Waals surface area contributed by atoms with Crippen LogP contribution in [-0.4, -0.2) is 33.3 Å². The zero-order valence-electron chi connectivity index (χ0n) is 22.2. The van der Waals surface area contributed by atoms with Gasteiger partial charge in [0.2, 0.25) is 17.7 Å². The highest BCUT2D eigenvalue weighted by Crippen LogP contribution is 2.56. The molecule has 2 N–H and O–H groups in total. The first kappa shape index (κ1) is 24.4. The number of aromatic nitrogens is 2. The summed E-state index contributed by atoms with van der Waals surface area (Å²) in [7, 11) is 0. The molecule has 0 radical (unpaired) electrons. The molecule has 0 aliphatic carbocycles. The number of para-hydroxylation sites is 2. The Morgan fingerprint density at radius 3 is 2.38 bits per heavy atom. The maximum atomic E-state index is 14.4. The number of fused-ring (bicyclic) bond motifs is 8. The summed E-state index contributed by atoms with van der Waals surface area (Å²) in [5.74, 6) is -1.88. The van der Waals surface area contributed by atoms with Gasteiger partial charge in [-0.1, -0.05) is 44.2 Å². The Hall–Kier alpha value is -4.63. The zero-order chi connectivity index (χ0) is 27.9. The molecule has 9 nitrogen and oxygen atoms in total. The van der Waals surface area contributed by atoms with Gasteiger partial charge in [-0.05, 0) is 48.4 Å². The van der Waals surface area contributed by atoms with Crippen LogP contribution in [0.15, 0.2) is 77.6 Å². The Morgan fingerprint density at radius 1 is 0.950 bits per heavy atom. The number of carbonyl (C=O) groups excluding carboxylic acids is 3. The maximum Gasteiger partial charge on any atom is 0.266 e. The summed E-state index contributed by atoms with van der Waals surface area (Å²) in [5, 5.41) is 6.90. The number of rotatable bonds is 3. The summed E-state index contributed by atoms with van der Waals surface area (Å²) >= 11 is 0. The molecule has 9 heteroatoms. The molecule has 4 aromatic rings. The largest absolute Gasteiger partial charge is 0.326 e. The van der Waals surface area contributed by atoms with Crippen LogP contribution >= 0.6 is 0 Å². The topological polar surface area (TPSA) is 113 Å². The van der Waals surface area contributed by atoms with Gasteiger partial charge in [-0.2, -0.15) is 0 Å². The molecule has 0 unspecified atom stereocenters. The number of carbonyl (C=O) groups is 3. The van der Waals surface area contributed by atoms with Gasteiger partial charge in [0, 0.05) is 24.2 Å². The number of anilines is 2. The van der Waals surface area contributed by atoms with E-state index in [1.165, 1.54) is 11.8 Å². The molecular formula is C31H27N5O4. The minimum absolute atomic E-state index is 0.0131. The molecule has 3 amide bonds. The lowest BCUT2D eigenvalue weighted by Gasteiger charge is -2.32. The lowest BCUT2D eigenvalue weighted by atomic mass is 9.75. The van der Waals surface area contributed by atoms with Crippen molar-refractivity contribution in [3.8, 4) is 5.69 Å². The molecule has 4 heterocycles. The summed E-state index contributed by atoms with van der Waals surface area (Å²) in [5.41, 5.74) is 1.59. The van der Waals surface area contributed by atoms with E-state index in [1.54, 1.807) is 41.0 Å². The first-order chi connectivity index (χ1) is 19.2. The zero-order valence-corrected chi connectivity index (χ0v) is 22.2. The van der Waals surface area contributed by atoms with E-state index in [4.69, 9.17) is 4.98 Å². The van der Waals surface area contributed by atoms with Gasteiger partial charge in [-0.3, -0.25) is 29.1 Å². The maximum absolute atomic E-state index is 14.4. The van der Waals surface area contributed by atoms with E-state index >= 15 is 0 Å². The lowest BCUT2D eigenvalue weighted by Crippen LogP contribution is -2.51. The van der Waals surface area contributed by atoms with E-state index < -0.39 is 17.4 Å². The molecule has 40 heavy (non-hydrogen) atoms. The van der Waals surface area contributed by atoms with Crippen molar-refractivity contribution >= 4 is 40.0 Å². The number of benzene rings is 3. The first-order valence-corrected chi connectivity index (χ1v) is 13.4. The number of imide groups is 1. The normalized spacial score (nSPS) is 24.6. The second kappa shape index (κ2) is 8.43. The number of amides is 3. The van der Waals surface area contributed by atoms with Gasteiger partial charge >= 0.3 is 0 Å². The fraction of sp³-hybridized carbons (Fsp3) is 0.258. The predicted molar refractivity (Wildman–Crippen MR) is 150 cm³/mol. The summed E-state index contributed by atoms with van der Waals surface area (Å²) in [6.07, 6.45) is 0. The smallest absolute Gasteiger partial charge is 0.266 e. The molecule has 2 saturated heterocycles. The van der Waals surface area contributed by atoms with Gasteiger partial charge in [0.05, 0.1) is 34.1 Å². The highest BCUT2D eigenvalue weighted by molar-refractivity contribution is 6.23. The van der Waals surface area contributed by atoms with Crippen LogP contribution in [0.5, 0.6) is 0 Å². The molecule has 0 bridgehead atoms. The van der Waals surface area contributed by atoms with Gasteiger partial charge in [0.1, 0.15) is 11.4 Å². The van der Waals surface area contributed by atoms with Crippen molar-refractivity contribution in [1.29, 1.82) is 0 Å². The van der Waals surface area contributed by atoms with E-state index in [1.807, 2.05) is 50.2 Å². The standard InChI is InChI=1S/C31H27N5O4/c1-16(2)26-24-25(29(40)35(28(24)39)19-14-12-18(13-15-19)32-17(3)37)31(34-26)21-9-5-7-11-23(21)36-27(38)20-8-4-6-10-22(20)33-30(31)36/h4-16,24-26,34H,1-3H3,(H,32,37)/t24-,25-,26-,31-/m1/s1. The minimum atomic E-state index is -1.17. The Bertz CT molecular complexity index is 1810. The van der Waals surface area contributed by atoms with E-state index in [0.717, 1.165) is 5.56 Å². The van der Waals surface area contributed by atoms with Crippen LogP contribution < -0.4 is 21.1 Å². The molecule has 3 aliphatic rings. The van der Waals surface area contributed by atoms with E-state index in [9.17, 15) is 19.2 Å². The third kappa shape index (κ3) is 3.09. The summed E-state index contributed by atoms with van der Waals surface area (Å²) in [4.78, 5) is 60.2. The molecule has 3 aromatic carbocycles. The Morgan fingerprint density at radius 2 is 1.65 bits per heavy atom. The second-order valence-electron chi connectivity index (χ2n) is 11.1. The molecule has 200 valence electrons. The van der Waals surface area contributed by atoms with Crippen LogP contribution in [0.2, 0.25) is 0 Å². The molecule has 3 aliphatic heterocycles. The average molecular weight is 534 g/mol. The van der Waals surface area contributed by atoms with E-state index in [0.29, 0.717) is 33.8 Å². The second-order valence-corrected chi connectivity index (χ2v) is 11.1. The van der Waals surface area contributed by atoms with Crippen LogP contribution in [0.3, 0.4) is 0 Å². The van der Waals surface area contributed by atoms with Gasteiger partial charge in [-0.25, -0.2) is 9.88 Å². The van der Waals surface area contributed by atoms with Gasteiger partial charge < -0.3 is 5.32 Å². The average Bonchev–Trinajstić information content (AvgIpc) is 3.53. The van der Waals surface area contributed by atoms with Crippen molar-refractivity contribution in [2.24, 2.45) is 17.8 Å². The molecule has 2 fully saturated rings. The van der Waals surface area contributed by atoms with E-state index in [-0.39, 0.29) is 35.2 Å². The van der Waals surface area contributed by atoms with Crippen LogP contribution in [0, 0.1) is 17.8 Å². The van der Waals surface area contributed by atoms with Crippen molar-refractivity contribution in [1.82, 2.24) is 14.9 Å². The Labute approximate surface area is 229 Å². The van der Waals surface area contributed by atoms with Crippen molar-refractivity contribution in [2.45, 2.75) is 32.4 Å². The summed E-state index contributed by atoms with van der Waals surface area (Å²) in [6, 6.07) is 21.1. The monoisotopic (exact) mass is 533 g/mol. The fourth-order valence-corrected chi connectivity index (χ4v) is 6.88. The number of nitrogens with zero attached hydrogens (tertiary/aromatic N) is 3. The fourth-order valence-electron chi connectivity index (χ4n) is 6.88.